The van der Waals surface area contributed by atoms with Crippen molar-refractivity contribution < 1.29 is 0 Å². The normalized spacial score (nSPS) is 10.9. The van der Waals surface area contributed by atoms with Crippen LogP contribution in [0.15, 0.2) is 46.8 Å². The van der Waals surface area contributed by atoms with E-state index in [1.807, 2.05) is 48.0 Å². The van der Waals surface area contributed by atoms with E-state index < -0.39 is 0 Å². The number of rotatable bonds is 2. The number of benzene rings is 1. The van der Waals surface area contributed by atoms with Gasteiger partial charge in [0.15, 0.2) is 0 Å². The summed E-state index contributed by atoms with van der Waals surface area (Å²) in [6, 6.07) is 11.6. The Balaban J connectivity index is 2.23. The number of thiophene rings is 1. The van der Waals surface area contributed by atoms with Gasteiger partial charge in [-0.15, -0.1) is 11.3 Å². The molecule has 2 rings (SSSR count). The number of hydrogen-bond donors (Lipinski definition) is 0. The molecule has 2 aromatic rings. The molecule has 0 amide bonds. The van der Waals surface area contributed by atoms with Crippen LogP contribution >= 0.6 is 22.9 Å². The summed E-state index contributed by atoms with van der Waals surface area (Å²) in [7, 11) is 0. The summed E-state index contributed by atoms with van der Waals surface area (Å²) >= 11 is 7.61. The lowest BCUT2D eigenvalue weighted by molar-refractivity contribution is 1.54. The SMILES string of the molecule is Clc1ccccc1N=Cc1cccs1. The average Bonchev–Trinajstić information content (AvgIpc) is 2.69. The molecule has 0 fully saturated rings. The highest BCUT2D eigenvalue weighted by Gasteiger charge is 1.94. The fourth-order valence-corrected chi connectivity index (χ4v) is 1.82. The summed E-state index contributed by atoms with van der Waals surface area (Å²) in [4.78, 5) is 5.43. The third-order valence-corrected chi connectivity index (χ3v) is 2.85. The molecular formula is C11H8ClNS. The van der Waals surface area contributed by atoms with Gasteiger partial charge in [-0.2, -0.15) is 0 Å². The van der Waals surface area contributed by atoms with E-state index in [1.165, 1.54) is 0 Å². The third kappa shape index (κ3) is 2.22. The smallest absolute Gasteiger partial charge is 0.0816 e. The van der Waals surface area contributed by atoms with Crippen molar-refractivity contribution in [1.29, 1.82) is 0 Å². The number of halogens is 1. The Bertz CT molecular complexity index is 434. The molecule has 0 unspecified atom stereocenters. The van der Waals surface area contributed by atoms with Crippen molar-refractivity contribution in [2.45, 2.75) is 0 Å². The van der Waals surface area contributed by atoms with Crippen LogP contribution in [0.1, 0.15) is 4.88 Å². The van der Waals surface area contributed by atoms with Crippen LogP contribution in [-0.4, -0.2) is 6.21 Å². The molecule has 0 N–H and O–H groups in total. The van der Waals surface area contributed by atoms with Gasteiger partial charge in [0.1, 0.15) is 0 Å². The van der Waals surface area contributed by atoms with E-state index in [0.29, 0.717) is 5.02 Å². The summed E-state index contributed by atoms with van der Waals surface area (Å²) in [6.45, 7) is 0. The molecule has 70 valence electrons. The molecule has 0 saturated heterocycles. The maximum absolute atomic E-state index is 5.95. The fraction of sp³-hybridized carbons (Fsp3) is 0. The van der Waals surface area contributed by atoms with Gasteiger partial charge in [-0.25, -0.2) is 0 Å². The molecule has 14 heavy (non-hydrogen) atoms. The zero-order valence-electron chi connectivity index (χ0n) is 7.35. The summed E-state index contributed by atoms with van der Waals surface area (Å²) < 4.78 is 0. The van der Waals surface area contributed by atoms with E-state index >= 15 is 0 Å². The quantitative estimate of drug-likeness (QED) is 0.676. The number of para-hydroxylation sites is 1. The highest BCUT2D eigenvalue weighted by molar-refractivity contribution is 7.11. The highest BCUT2D eigenvalue weighted by Crippen LogP contribution is 2.23. The second-order valence-electron chi connectivity index (χ2n) is 2.73. The topological polar surface area (TPSA) is 12.4 Å². The van der Waals surface area contributed by atoms with Crippen LogP contribution in [0, 0.1) is 0 Å². The van der Waals surface area contributed by atoms with Crippen LogP contribution in [0.4, 0.5) is 5.69 Å². The Morgan fingerprint density at radius 2 is 2.00 bits per heavy atom. The second-order valence-corrected chi connectivity index (χ2v) is 4.11. The molecule has 0 radical (unpaired) electrons. The van der Waals surface area contributed by atoms with Crippen molar-refractivity contribution >= 4 is 34.8 Å². The molecule has 1 heterocycles. The monoisotopic (exact) mass is 221 g/mol. The Morgan fingerprint density at radius 3 is 2.71 bits per heavy atom. The van der Waals surface area contributed by atoms with Gasteiger partial charge in [0.05, 0.1) is 10.7 Å². The molecule has 3 heteroatoms. The van der Waals surface area contributed by atoms with Crippen LogP contribution < -0.4 is 0 Å². The summed E-state index contributed by atoms with van der Waals surface area (Å²) in [5.41, 5.74) is 0.808. The number of hydrogen-bond acceptors (Lipinski definition) is 2. The molecule has 0 aliphatic carbocycles. The minimum Gasteiger partial charge on any atom is -0.254 e. The minimum absolute atomic E-state index is 0.681. The molecule has 0 saturated carbocycles. The Kier molecular flexibility index (Phi) is 2.96. The van der Waals surface area contributed by atoms with Crippen LogP contribution in [0.5, 0.6) is 0 Å². The van der Waals surface area contributed by atoms with E-state index in [1.54, 1.807) is 11.3 Å². The van der Waals surface area contributed by atoms with Crippen LogP contribution in [0.2, 0.25) is 5.02 Å². The lowest BCUT2D eigenvalue weighted by Gasteiger charge is -1.94. The molecule has 1 aromatic heterocycles. The fourth-order valence-electron chi connectivity index (χ4n) is 1.05. The first kappa shape index (κ1) is 9.44. The van der Waals surface area contributed by atoms with E-state index in [2.05, 4.69) is 4.99 Å². The molecule has 0 bridgehead atoms. The van der Waals surface area contributed by atoms with Crippen LogP contribution in [0.25, 0.3) is 0 Å². The first-order valence-electron chi connectivity index (χ1n) is 4.18. The number of aliphatic imine (C=N–C) groups is 1. The lowest BCUT2D eigenvalue weighted by Crippen LogP contribution is -1.72. The molecule has 0 spiro atoms. The van der Waals surface area contributed by atoms with Crippen molar-refractivity contribution in [2.75, 3.05) is 0 Å². The summed E-state index contributed by atoms with van der Waals surface area (Å²) in [5.74, 6) is 0. The summed E-state index contributed by atoms with van der Waals surface area (Å²) in [5, 5.41) is 2.70. The molecule has 0 aliphatic rings. The van der Waals surface area contributed by atoms with E-state index in [9.17, 15) is 0 Å². The summed E-state index contributed by atoms with van der Waals surface area (Å²) in [6.07, 6.45) is 1.83. The molecule has 1 nitrogen and oxygen atoms in total. The first-order valence-corrected chi connectivity index (χ1v) is 5.44. The highest BCUT2D eigenvalue weighted by atomic mass is 35.5. The van der Waals surface area contributed by atoms with Gasteiger partial charge >= 0.3 is 0 Å². The van der Waals surface area contributed by atoms with Crippen molar-refractivity contribution in [2.24, 2.45) is 4.99 Å². The predicted octanol–water partition coefficient (Wildman–Crippen LogP) is 4.15. The van der Waals surface area contributed by atoms with Crippen molar-refractivity contribution in [3.8, 4) is 0 Å². The van der Waals surface area contributed by atoms with Gasteiger partial charge in [0, 0.05) is 11.1 Å². The molecule has 0 aliphatic heterocycles. The molecular weight excluding hydrogens is 214 g/mol. The molecule has 1 aromatic carbocycles. The van der Waals surface area contributed by atoms with Gasteiger partial charge in [-0.05, 0) is 23.6 Å². The van der Waals surface area contributed by atoms with E-state index in [0.717, 1.165) is 10.6 Å². The Labute approximate surface area is 91.7 Å². The maximum Gasteiger partial charge on any atom is 0.0816 e. The molecule has 0 atom stereocenters. The lowest BCUT2D eigenvalue weighted by atomic mass is 10.3. The average molecular weight is 222 g/mol. The van der Waals surface area contributed by atoms with Crippen molar-refractivity contribution in [3.05, 3.63) is 51.7 Å². The van der Waals surface area contributed by atoms with Crippen LogP contribution in [-0.2, 0) is 0 Å². The second kappa shape index (κ2) is 4.40. The number of nitrogens with zero attached hydrogens (tertiary/aromatic N) is 1. The van der Waals surface area contributed by atoms with Gasteiger partial charge in [0.2, 0.25) is 0 Å². The van der Waals surface area contributed by atoms with Gasteiger partial charge < -0.3 is 0 Å². The van der Waals surface area contributed by atoms with Gasteiger partial charge in [-0.1, -0.05) is 29.8 Å². The van der Waals surface area contributed by atoms with Gasteiger partial charge in [-0.3, -0.25) is 4.99 Å². The van der Waals surface area contributed by atoms with Crippen molar-refractivity contribution in [1.82, 2.24) is 0 Å². The first-order chi connectivity index (χ1) is 6.86. The zero-order valence-corrected chi connectivity index (χ0v) is 8.92. The van der Waals surface area contributed by atoms with Gasteiger partial charge in [0.25, 0.3) is 0 Å². The largest absolute Gasteiger partial charge is 0.254 e. The third-order valence-electron chi connectivity index (χ3n) is 1.73. The Hall–Kier alpha value is -1.12. The standard InChI is InChI=1S/C11H8ClNS/c12-10-5-1-2-6-11(10)13-8-9-4-3-7-14-9/h1-8H. The minimum atomic E-state index is 0.681. The zero-order chi connectivity index (χ0) is 9.80. The van der Waals surface area contributed by atoms with E-state index in [4.69, 9.17) is 11.6 Å². The van der Waals surface area contributed by atoms with E-state index in [-0.39, 0.29) is 0 Å². The Morgan fingerprint density at radius 1 is 1.14 bits per heavy atom. The van der Waals surface area contributed by atoms with Crippen LogP contribution in [0.3, 0.4) is 0 Å². The van der Waals surface area contributed by atoms with Crippen molar-refractivity contribution in [3.63, 3.8) is 0 Å². The predicted molar refractivity (Wildman–Crippen MR) is 63.0 cm³/mol. The maximum atomic E-state index is 5.95.